The zero-order valence-electron chi connectivity index (χ0n) is 10.4. The Bertz CT molecular complexity index is 667. The van der Waals surface area contributed by atoms with Gasteiger partial charge in [0.2, 0.25) is 0 Å². The van der Waals surface area contributed by atoms with Crippen LogP contribution in [0.5, 0.6) is 5.75 Å². The molecule has 1 unspecified atom stereocenters. The second-order valence-electron chi connectivity index (χ2n) is 4.07. The number of hydrogen-bond donors (Lipinski definition) is 0. The first-order chi connectivity index (χ1) is 9.35. The average molecular weight is 301 g/mol. The highest BCUT2D eigenvalue weighted by Crippen LogP contribution is 2.32. The number of ether oxygens (including phenoxy) is 1. The van der Waals surface area contributed by atoms with E-state index < -0.39 is 26.3 Å². The molecule has 0 aromatic heterocycles. The van der Waals surface area contributed by atoms with Crippen molar-refractivity contribution in [3.8, 4) is 5.75 Å². The molecule has 0 saturated heterocycles. The van der Waals surface area contributed by atoms with Gasteiger partial charge in [-0.3, -0.25) is 14.9 Å². The van der Waals surface area contributed by atoms with Crippen molar-refractivity contribution in [3.63, 3.8) is 0 Å². The van der Waals surface area contributed by atoms with Crippen LogP contribution in [0.3, 0.4) is 0 Å². The number of hydrogen-bond acceptors (Lipinski definition) is 7. The number of carbonyl (C=O) groups excluding carboxylic acids is 1. The van der Waals surface area contributed by atoms with E-state index in [9.17, 15) is 23.3 Å². The van der Waals surface area contributed by atoms with Gasteiger partial charge in [0.1, 0.15) is 5.75 Å². The largest absolute Gasteiger partial charge is 0.465 e. The molecule has 0 radical (unpaired) electrons. The predicted molar refractivity (Wildman–Crippen MR) is 66.8 cm³/mol. The molecule has 1 aliphatic rings. The Morgan fingerprint density at radius 1 is 1.55 bits per heavy atom. The van der Waals surface area contributed by atoms with E-state index in [1.54, 1.807) is 6.92 Å². The van der Waals surface area contributed by atoms with E-state index in [2.05, 4.69) is 4.74 Å². The molecular weight excluding hydrogens is 290 g/mol. The molecule has 0 N–H and O–H groups in total. The summed E-state index contributed by atoms with van der Waals surface area (Å²) in [6.07, 6.45) is -0.210. The van der Waals surface area contributed by atoms with Crippen LogP contribution in [0.4, 0.5) is 5.69 Å². The molecule has 8 nitrogen and oxygen atoms in total. The summed E-state index contributed by atoms with van der Waals surface area (Å²) in [7, 11) is -4.14. The SMILES string of the molecule is CCOC(=O)C1Cc2cc([N+](=O)[O-])ccc2OS1(=O)=O. The van der Waals surface area contributed by atoms with Gasteiger partial charge in [0.05, 0.1) is 11.5 Å². The number of nitro benzene ring substituents is 1. The van der Waals surface area contributed by atoms with Crippen LogP contribution in [0.1, 0.15) is 12.5 Å². The Morgan fingerprint density at radius 3 is 2.85 bits per heavy atom. The molecule has 108 valence electrons. The summed E-state index contributed by atoms with van der Waals surface area (Å²) in [5.41, 5.74) is 0.0846. The lowest BCUT2D eigenvalue weighted by Gasteiger charge is -2.23. The lowest BCUT2D eigenvalue weighted by Crippen LogP contribution is -2.39. The maximum absolute atomic E-state index is 11.8. The highest BCUT2D eigenvalue weighted by molar-refractivity contribution is 7.88. The molecule has 0 saturated carbocycles. The monoisotopic (exact) mass is 301 g/mol. The molecule has 0 amide bonds. The Labute approximate surface area is 114 Å². The van der Waals surface area contributed by atoms with Crippen molar-refractivity contribution in [2.75, 3.05) is 6.61 Å². The molecule has 1 aromatic rings. The van der Waals surface area contributed by atoms with Gasteiger partial charge in [0, 0.05) is 24.1 Å². The van der Waals surface area contributed by atoms with Gasteiger partial charge in [-0.2, -0.15) is 8.42 Å². The van der Waals surface area contributed by atoms with Crippen LogP contribution in [0.25, 0.3) is 0 Å². The zero-order valence-corrected chi connectivity index (χ0v) is 11.3. The minimum Gasteiger partial charge on any atom is -0.465 e. The van der Waals surface area contributed by atoms with Crippen molar-refractivity contribution in [1.29, 1.82) is 0 Å². The number of rotatable bonds is 3. The summed E-state index contributed by atoms with van der Waals surface area (Å²) < 4.78 is 33.1. The van der Waals surface area contributed by atoms with Gasteiger partial charge < -0.3 is 8.92 Å². The summed E-state index contributed by atoms with van der Waals surface area (Å²) in [6.45, 7) is 1.58. The fraction of sp³-hybridized carbons (Fsp3) is 0.364. The molecule has 20 heavy (non-hydrogen) atoms. The third kappa shape index (κ3) is 2.57. The summed E-state index contributed by atoms with van der Waals surface area (Å²) >= 11 is 0. The second-order valence-corrected chi connectivity index (χ2v) is 5.79. The Balaban J connectivity index is 2.40. The number of fused-ring (bicyclic) bond motifs is 1. The van der Waals surface area contributed by atoms with Crippen molar-refractivity contribution < 1.29 is 27.1 Å². The lowest BCUT2D eigenvalue weighted by atomic mass is 10.1. The van der Waals surface area contributed by atoms with Crippen LogP contribution in [0.15, 0.2) is 18.2 Å². The van der Waals surface area contributed by atoms with Crippen LogP contribution < -0.4 is 4.18 Å². The molecule has 0 spiro atoms. The van der Waals surface area contributed by atoms with E-state index in [1.165, 1.54) is 12.1 Å². The van der Waals surface area contributed by atoms with Gasteiger partial charge in [0.15, 0.2) is 5.25 Å². The highest BCUT2D eigenvalue weighted by atomic mass is 32.2. The number of benzene rings is 1. The van der Waals surface area contributed by atoms with Gasteiger partial charge in [0.25, 0.3) is 5.69 Å². The molecule has 1 atom stereocenters. The first-order valence-electron chi connectivity index (χ1n) is 5.72. The summed E-state index contributed by atoms with van der Waals surface area (Å²) in [4.78, 5) is 21.7. The molecule has 0 fully saturated rings. The number of nitro groups is 1. The number of carbonyl (C=O) groups is 1. The maximum Gasteiger partial charge on any atom is 0.328 e. The van der Waals surface area contributed by atoms with E-state index in [1.807, 2.05) is 0 Å². The topological polar surface area (TPSA) is 113 Å². The highest BCUT2D eigenvalue weighted by Gasteiger charge is 2.41. The third-order valence-corrected chi connectivity index (χ3v) is 4.23. The molecule has 1 aromatic carbocycles. The quantitative estimate of drug-likeness (QED) is 0.351. The van der Waals surface area contributed by atoms with Gasteiger partial charge in [-0.05, 0) is 13.0 Å². The molecule has 2 rings (SSSR count). The zero-order chi connectivity index (χ0) is 14.9. The smallest absolute Gasteiger partial charge is 0.328 e. The minimum atomic E-state index is -4.14. The Hall–Kier alpha value is -2.16. The van der Waals surface area contributed by atoms with Crippen molar-refractivity contribution >= 4 is 21.8 Å². The molecule has 1 heterocycles. The number of non-ortho nitro benzene ring substituents is 1. The minimum absolute atomic E-state index is 0.00357. The van der Waals surface area contributed by atoms with Gasteiger partial charge in [-0.25, -0.2) is 0 Å². The molecule has 0 aliphatic carbocycles. The summed E-state index contributed by atoms with van der Waals surface area (Å²) in [5, 5.41) is 9.18. The van der Waals surface area contributed by atoms with Crippen LogP contribution in [0.2, 0.25) is 0 Å². The molecular formula is C11H11NO7S. The normalized spacial score (nSPS) is 19.6. The van der Waals surface area contributed by atoms with Crippen LogP contribution >= 0.6 is 0 Å². The Kier molecular flexibility index (Phi) is 3.62. The summed E-state index contributed by atoms with van der Waals surface area (Å²) in [6, 6.07) is 3.53. The molecule has 1 aliphatic heterocycles. The maximum atomic E-state index is 11.8. The standard InChI is InChI=1S/C11H11NO7S/c1-2-18-11(13)10-6-7-5-8(12(14)15)3-4-9(7)19-20(10,16)17/h3-5,10H,2,6H2,1H3. The van der Waals surface area contributed by atoms with E-state index in [0.717, 1.165) is 6.07 Å². The van der Waals surface area contributed by atoms with E-state index in [-0.39, 0.29) is 30.0 Å². The number of nitrogens with zero attached hydrogens (tertiary/aromatic N) is 1. The lowest BCUT2D eigenvalue weighted by molar-refractivity contribution is -0.384. The molecule has 9 heteroatoms. The first-order valence-corrected chi connectivity index (χ1v) is 7.19. The predicted octanol–water partition coefficient (Wildman–Crippen LogP) is 0.791. The van der Waals surface area contributed by atoms with Gasteiger partial charge >= 0.3 is 16.1 Å². The fourth-order valence-electron chi connectivity index (χ4n) is 1.84. The molecule has 0 bridgehead atoms. The number of esters is 1. The summed E-state index contributed by atoms with van der Waals surface area (Å²) in [5.74, 6) is -0.930. The van der Waals surface area contributed by atoms with Crippen LogP contribution in [-0.4, -0.2) is 31.2 Å². The van der Waals surface area contributed by atoms with E-state index in [4.69, 9.17) is 4.18 Å². The third-order valence-electron chi connectivity index (χ3n) is 2.76. The van der Waals surface area contributed by atoms with Gasteiger partial charge in [-0.15, -0.1) is 0 Å². The van der Waals surface area contributed by atoms with E-state index >= 15 is 0 Å². The first kappa shape index (κ1) is 14.3. The van der Waals surface area contributed by atoms with Crippen molar-refractivity contribution in [2.45, 2.75) is 18.6 Å². The fourth-order valence-corrected chi connectivity index (χ4v) is 3.06. The van der Waals surface area contributed by atoms with E-state index in [0.29, 0.717) is 0 Å². The van der Waals surface area contributed by atoms with Crippen molar-refractivity contribution in [3.05, 3.63) is 33.9 Å². The van der Waals surface area contributed by atoms with Crippen LogP contribution in [-0.2, 0) is 26.1 Å². The van der Waals surface area contributed by atoms with Crippen LogP contribution in [0, 0.1) is 10.1 Å². The van der Waals surface area contributed by atoms with Gasteiger partial charge in [-0.1, -0.05) is 0 Å². The Morgan fingerprint density at radius 2 is 2.25 bits per heavy atom. The van der Waals surface area contributed by atoms with Crippen molar-refractivity contribution in [2.24, 2.45) is 0 Å². The second kappa shape index (κ2) is 5.08. The average Bonchev–Trinajstić information content (AvgIpc) is 2.36. The van der Waals surface area contributed by atoms with Crippen molar-refractivity contribution in [1.82, 2.24) is 0 Å².